The molecule has 0 spiro atoms. The molecule has 0 aliphatic rings. The Kier molecular flexibility index (Phi) is 1.97. The highest BCUT2D eigenvalue weighted by molar-refractivity contribution is 5.79. The van der Waals surface area contributed by atoms with Crippen LogP contribution in [0.25, 0.3) is 10.9 Å². The van der Waals surface area contributed by atoms with Crippen LogP contribution in [0.4, 0.5) is 4.39 Å². The molecule has 13 heavy (non-hydrogen) atoms. The number of rotatable bonds is 1. The Balaban J connectivity index is 2.79. The number of benzene rings is 1. The van der Waals surface area contributed by atoms with Crippen molar-refractivity contribution in [3.8, 4) is 0 Å². The lowest BCUT2D eigenvalue weighted by Gasteiger charge is -2.02. The van der Waals surface area contributed by atoms with E-state index in [0.29, 0.717) is 11.9 Å². The number of fused-ring (bicyclic) bond motifs is 1. The zero-order valence-electron chi connectivity index (χ0n) is 7.42. The number of nitrogens with zero attached hydrogens (tertiary/aromatic N) is 1. The molecular formula is C11H10FN. The van der Waals surface area contributed by atoms with Crippen molar-refractivity contribution in [3.63, 3.8) is 0 Å². The minimum atomic E-state index is -0.180. The third-order valence-corrected chi connectivity index (χ3v) is 2.17. The molecule has 0 saturated heterocycles. The fourth-order valence-corrected chi connectivity index (χ4v) is 1.42. The molecule has 2 rings (SSSR count). The van der Waals surface area contributed by atoms with Crippen LogP contribution in [0.1, 0.15) is 12.5 Å². The molecule has 0 fully saturated rings. The summed E-state index contributed by atoms with van der Waals surface area (Å²) < 4.78 is 13.6. The van der Waals surface area contributed by atoms with Gasteiger partial charge in [0.1, 0.15) is 5.52 Å². The number of hydrogen-bond acceptors (Lipinski definition) is 1. The van der Waals surface area contributed by atoms with Gasteiger partial charge in [-0.1, -0.05) is 25.1 Å². The maximum atomic E-state index is 13.6. The van der Waals surface area contributed by atoms with Crippen molar-refractivity contribution in [2.24, 2.45) is 0 Å². The second kappa shape index (κ2) is 3.13. The quantitative estimate of drug-likeness (QED) is 0.649. The van der Waals surface area contributed by atoms with Crippen molar-refractivity contribution >= 4 is 10.9 Å². The van der Waals surface area contributed by atoms with Gasteiger partial charge in [-0.05, 0) is 18.1 Å². The SMILES string of the molecule is CCc1ccc2cccnc2c1F. The predicted octanol–water partition coefficient (Wildman–Crippen LogP) is 2.94. The van der Waals surface area contributed by atoms with Crippen LogP contribution in [0, 0.1) is 5.82 Å². The van der Waals surface area contributed by atoms with Crippen molar-refractivity contribution < 1.29 is 4.39 Å². The summed E-state index contributed by atoms with van der Waals surface area (Å²) in [5.74, 6) is -0.180. The first kappa shape index (κ1) is 8.17. The molecule has 1 aromatic carbocycles. The average molecular weight is 175 g/mol. The van der Waals surface area contributed by atoms with Gasteiger partial charge in [0, 0.05) is 11.6 Å². The number of aryl methyl sites for hydroxylation is 1. The minimum Gasteiger partial charge on any atom is -0.253 e. The molecule has 0 atom stereocenters. The number of pyridine rings is 1. The summed E-state index contributed by atoms with van der Waals surface area (Å²) in [6.45, 7) is 1.94. The monoisotopic (exact) mass is 175 g/mol. The summed E-state index contributed by atoms with van der Waals surface area (Å²) in [5, 5.41) is 0.859. The lowest BCUT2D eigenvalue weighted by atomic mass is 10.1. The first-order valence-electron chi connectivity index (χ1n) is 4.35. The van der Waals surface area contributed by atoms with Gasteiger partial charge in [0.05, 0.1) is 0 Å². The van der Waals surface area contributed by atoms with E-state index in [1.807, 2.05) is 31.2 Å². The summed E-state index contributed by atoms with van der Waals surface area (Å²) in [4.78, 5) is 4.01. The average Bonchev–Trinajstić information content (AvgIpc) is 2.19. The van der Waals surface area contributed by atoms with Gasteiger partial charge in [-0.2, -0.15) is 0 Å². The second-order valence-electron chi connectivity index (χ2n) is 2.97. The Morgan fingerprint density at radius 2 is 2.15 bits per heavy atom. The van der Waals surface area contributed by atoms with Gasteiger partial charge in [0.2, 0.25) is 0 Å². The first-order valence-corrected chi connectivity index (χ1v) is 4.35. The number of halogens is 1. The zero-order chi connectivity index (χ0) is 9.26. The zero-order valence-corrected chi connectivity index (χ0v) is 7.42. The van der Waals surface area contributed by atoms with Crippen LogP contribution < -0.4 is 0 Å². The van der Waals surface area contributed by atoms with Gasteiger partial charge in [0.25, 0.3) is 0 Å². The van der Waals surface area contributed by atoms with Crippen molar-refractivity contribution in [1.82, 2.24) is 4.98 Å². The fourth-order valence-electron chi connectivity index (χ4n) is 1.42. The lowest BCUT2D eigenvalue weighted by molar-refractivity contribution is 0.621. The molecule has 1 aromatic heterocycles. The predicted molar refractivity (Wildman–Crippen MR) is 51.1 cm³/mol. The molecule has 2 aromatic rings. The van der Waals surface area contributed by atoms with Crippen LogP contribution in [0.15, 0.2) is 30.5 Å². The molecule has 0 N–H and O–H groups in total. The molecule has 1 heterocycles. The van der Waals surface area contributed by atoms with Gasteiger partial charge < -0.3 is 0 Å². The molecule has 2 heteroatoms. The third-order valence-electron chi connectivity index (χ3n) is 2.17. The Bertz CT molecular complexity index is 437. The van der Waals surface area contributed by atoms with E-state index in [1.165, 1.54) is 0 Å². The van der Waals surface area contributed by atoms with Crippen LogP contribution in [0.2, 0.25) is 0 Å². The standard InChI is InChI=1S/C11H10FN/c1-2-8-5-6-9-4-3-7-13-11(9)10(8)12/h3-7H,2H2,1H3. The van der Waals surface area contributed by atoms with Gasteiger partial charge in [-0.15, -0.1) is 0 Å². The number of aromatic nitrogens is 1. The van der Waals surface area contributed by atoms with Crippen molar-refractivity contribution in [2.45, 2.75) is 13.3 Å². The summed E-state index contributed by atoms with van der Waals surface area (Å²) in [5.41, 5.74) is 1.20. The van der Waals surface area contributed by atoms with Crippen LogP contribution in [-0.2, 0) is 6.42 Å². The summed E-state index contributed by atoms with van der Waals surface area (Å²) in [6.07, 6.45) is 2.32. The molecule has 0 unspecified atom stereocenters. The summed E-state index contributed by atoms with van der Waals surface area (Å²) in [6, 6.07) is 7.40. The van der Waals surface area contributed by atoms with Crippen LogP contribution in [-0.4, -0.2) is 4.98 Å². The van der Waals surface area contributed by atoms with Gasteiger partial charge >= 0.3 is 0 Å². The van der Waals surface area contributed by atoms with Crippen molar-refractivity contribution in [1.29, 1.82) is 0 Å². The van der Waals surface area contributed by atoms with E-state index in [9.17, 15) is 4.39 Å². The topological polar surface area (TPSA) is 12.9 Å². The first-order chi connectivity index (χ1) is 6.33. The van der Waals surface area contributed by atoms with Crippen LogP contribution >= 0.6 is 0 Å². The highest BCUT2D eigenvalue weighted by Crippen LogP contribution is 2.18. The van der Waals surface area contributed by atoms with E-state index in [-0.39, 0.29) is 5.82 Å². The second-order valence-corrected chi connectivity index (χ2v) is 2.97. The highest BCUT2D eigenvalue weighted by atomic mass is 19.1. The van der Waals surface area contributed by atoms with E-state index in [4.69, 9.17) is 0 Å². The molecule has 0 bridgehead atoms. The summed E-state index contributed by atoms with van der Waals surface area (Å²) >= 11 is 0. The molecular weight excluding hydrogens is 165 g/mol. The largest absolute Gasteiger partial charge is 0.253 e. The molecule has 1 nitrogen and oxygen atoms in total. The smallest absolute Gasteiger partial charge is 0.152 e. The van der Waals surface area contributed by atoms with E-state index < -0.39 is 0 Å². The van der Waals surface area contributed by atoms with E-state index in [1.54, 1.807) is 6.20 Å². The van der Waals surface area contributed by atoms with Crippen LogP contribution in [0.3, 0.4) is 0 Å². The van der Waals surface area contributed by atoms with Gasteiger partial charge in [-0.25, -0.2) is 4.39 Å². The van der Waals surface area contributed by atoms with Crippen molar-refractivity contribution in [2.75, 3.05) is 0 Å². The van der Waals surface area contributed by atoms with E-state index >= 15 is 0 Å². The Hall–Kier alpha value is -1.44. The summed E-state index contributed by atoms with van der Waals surface area (Å²) in [7, 11) is 0. The maximum Gasteiger partial charge on any atom is 0.152 e. The normalized spacial score (nSPS) is 10.6. The fraction of sp³-hybridized carbons (Fsp3) is 0.182. The molecule has 0 aliphatic carbocycles. The number of hydrogen-bond donors (Lipinski definition) is 0. The minimum absolute atomic E-state index is 0.180. The van der Waals surface area contributed by atoms with Crippen LogP contribution in [0.5, 0.6) is 0 Å². The Morgan fingerprint density at radius 1 is 1.31 bits per heavy atom. The molecule has 0 radical (unpaired) electrons. The molecule has 0 saturated carbocycles. The molecule has 66 valence electrons. The van der Waals surface area contributed by atoms with Gasteiger partial charge in [0.15, 0.2) is 5.82 Å². The van der Waals surface area contributed by atoms with E-state index in [2.05, 4.69) is 4.98 Å². The lowest BCUT2D eigenvalue weighted by Crippen LogP contribution is -1.90. The van der Waals surface area contributed by atoms with Crippen molar-refractivity contribution in [3.05, 3.63) is 41.8 Å². The molecule has 0 aliphatic heterocycles. The third kappa shape index (κ3) is 1.28. The highest BCUT2D eigenvalue weighted by Gasteiger charge is 2.05. The Morgan fingerprint density at radius 3 is 2.92 bits per heavy atom. The Labute approximate surface area is 76.2 Å². The maximum absolute atomic E-state index is 13.6. The van der Waals surface area contributed by atoms with Gasteiger partial charge in [-0.3, -0.25) is 4.98 Å². The molecule has 0 amide bonds. The van der Waals surface area contributed by atoms with E-state index in [0.717, 1.165) is 10.9 Å².